The maximum Gasteiger partial charge on any atom is 0.170 e. The molecule has 106 valence electrons. The Labute approximate surface area is 126 Å². The Kier molecular flexibility index (Phi) is 4.03. The lowest BCUT2D eigenvalue weighted by molar-refractivity contribution is 0.285. The lowest BCUT2D eigenvalue weighted by Gasteiger charge is -2.13. The van der Waals surface area contributed by atoms with E-state index in [-0.39, 0.29) is 0 Å². The van der Waals surface area contributed by atoms with E-state index in [1.54, 1.807) is 6.33 Å². The standard InChI is InChI=1S/C14H17BrN4O/c1-19-9-17-18-13(19)8-20-14-10(3-2-4-12(14)15)7-16-11-5-6-11/h2-4,9,11,16H,5-8H2,1H3. The van der Waals surface area contributed by atoms with Gasteiger partial charge in [0.05, 0.1) is 4.47 Å². The smallest absolute Gasteiger partial charge is 0.170 e. The summed E-state index contributed by atoms with van der Waals surface area (Å²) < 4.78 is 8.76. The van der Waals surface area contributed by atoms with Gasteiger partial charge in [-0.05, 0) is 34.8 Å². The first-order chi connectivity index (χ1) is 9.74. The van der Waals surface area contributed by atoms with Crippen LogP contribution in [-0.4, -0.2) is 20.8 Å². The Balaban J connectivity index is 1.71. The van der Waals surface area contributed by atoms with Crippen LogP contribution in [-0.2, 0) is 20.2 Å². The van der Waals surface area contributed by atoms with Crippen LogP contribution >= 0.6 is 15.9 Å². The molecule has 3 rings (SSSR count). The second kappa shape index (κ2) is 5.93. The molecule has 0 saturated heterocycles. The zero-order valence-corrected chi connectivity index (χ0v) is 12.9. The van der Waals surface area contributed by atoms with Crippen molar-refractivity contribution in [3.63, 3.8) is 0 Å². The average molecular weight is 337 g/mol. The summed E-state index contributed by atoms with van der Waals surface area (Å²) >= 11 is 3.56. The average Bonchev–Trinajstić information content (AvgIpc) is 3.18. The molecule has 0 radical (unpaired) electrons. The summed E-state index contributed by atoms with van der Waals surface area (Å²) in [6.45, 7) is 1.24. The summed E-state index contributed by atoms with van der Waals surface area (Å²) in [6, 6.07) is 6.79. The minimum atomic E-state index is 0.412. The number of rotatable bonds is 6. The van der Waals surface area contributed by atoms with Crippen molar-refractivity contribution in [1.29, 1.82) is 0 Å². The summed E-state index contributed by atoms with van der Waals surface area (Å²) in [7, 11) is 1.91. The Bertz CT molecular complexity index is 595. The Morgan fingerprint density at radius 2 is 2.30 bits per heavy atom. The van der Waals surface area contributed by atoms with Gasteiger partial charge in [0, 0.05) is 25.2 Å². The van der Waals surface area contributed by atoms with E-state index >= 15 is 0 Å². The Morgan fingerprint density at radius 1 is 1.45 bits per heavy atom. The van der Waals surface area contributed by atoms with Gasteiger partial charge in [0.1, 0.15) is 18.7 Å². The van der Waals surface area contributed by atoms with Crippen LogP contribution in [0, 0.1) is 0 Å². The van der Waals surface area contributed by atoms with Gasteiger partial charge in [-0.1, -0.05) is 12.1 Å². The topological polar surface area (TPSA) is 52.0 Å². The summed E-state index contributed by atoms with van der Waals surface area (Å²) in [5.41, 5.74) is 1.16. The molecule has 1 aromatic carbocycles. The minimum Gasteiger partial charge on any atom is -0.484 e. The summed E-state index contributed by atoms with van der Waals surface area (Å²) in [5, 5.41) is 11.4. The Morgan fingerprint density at radius 3 is 3.00 bits per heavy atom. The van der Waals surface area contributed by atoms with Gasteiger partial charge in [0.2, 0.25) is 0 Å². The fraction of sp³-hybridized carbons (Fsp3) is 0.429. The van der Waals surface area contributed by atoms with Gasteiger partial charge in [0.15, 0.2) is 5.82 Å². The summed E-state index contributed by atoms with van der Waals surface area (Å²) in [6.07, 6.45) is 4.24. The normalized spacial score (nSPS) is 14.5. The third-order valence-electron chi connectivity index (χ3n) is 3.36. The van der Waals surface area contributed by atoms with Crippen LogP contribution in [0.2, 0.25) is 0 Å². The number of aromatic nitrogens is 3. The van der Waals surface area contributed by atoms with Crippen LogP contribution in [0.15, 0.2) is 29.0 Å². The summed E-state index contributed by atoms with van der Waals surface area (Å²) in [5.74, 6) is 1.69. The quantitative estimate of drug-likeness (QED) is 0.880. The molecule has 0 atom stereocenters. The van der Waals surface area contributed by atoms with Crippen molar-refractivity contribution in [2.75, 3.05) is 0 Å². The predicted molar refractivity (Wildman–Crippen MR) is 79.3 cm³/mol. The lowest BCUT2D eigenvalue weighted by Crippen LogP contribution is -2.16. The first-order valence-corrected chi connectivity index (χ1v) is 7.50. The maximum atomic E-state index is 5.94. The molecule has 0 aliphatic heterocycles. The molecule has 0 unspecified atom stereocenters. The van der Waals surface area contributed by atoms with Crippen molar-refractivity contribution < 1.29 is 4.74 Å². The molecule has 1 saturated carbocycles. The third-order valence-corrected chi connectivity index (χ3v) is 3.98. The van der Waals surface area contributed by atoms with Crippen LogP contribution in [0.4, 0.5) is 0 Å². The first kappa shape index (κ1) is 13.6. The van der Waals surface area contributed by atoms with Crippen LogP contribution in [0.1, 0.15) is 24.2 Å². The van der Waals surface area contributed by atoms with Crippen LogP contribution in [0.5, 0.6) is 5.75 Å². The number of ether oxygens (including phenoxy) is 1. The number of aryl methyl sites for hydroxylation is 1. The largest absolute Gasteiger partial charge is 0.484 e. The number of halogens is 1. The number of hydrogen-bond acceptors (Lipinski definition) is 4. The SMILES string of the molecule is Cn1cnnc1COc1c(Br)cccc1CNC1CC1. The molecule has 1 fully saturated rings. The van der Waals surface area contributed by atoms with Gasteiger partial charge in [0.25, 0.3) is 0 Å². The maximum absolute atomic E-state index is 5.94. The van der Waals surface area contributed by atoms with E-state index in [0.29, 0.717) is 12.6 Å². The minimum absolute atomic E-state index is 0.412. The lowest BCUT2D eigenvalue weighted by atomic mass is 10.2. The van der Waals surface area contributed by atoms with Crippen molar-refractivity contribution in [3.8, 4) is 5.75 Å². The molecule has 1 heterocycles. The molecule has 1 N–H and O–H groups in total. The van der Waals surface area contributed by atoms with Crippen molar-refractivity contribution in [1.82, 2.24) is 20.1 Å². The molecule has 2 aromatic rings. The zero-order valence-electron chi connectivity index (χ0n) is 11.3. The van der Waals surface area contributed by atoms with Gasteiger partial charge in [-0.25, -0.2) is 0 Å². The molecule has 0 amide bonds. The number of benzene rings is 1. The molecule has 1 aromatic heterocycles. The zero-order chi connectivity index (χ0) is 13.9. The molecular formula is C14H17BrN4O. The summed E-state index contributed by atoms with van der Waals surface area (Å²) in [4.78, 5) is 0. The highest BCUT2D eigenvalue weighted by atomic mass is 79.9. The number of nitrogens with zero attached hydrogens (tertiary/aromatic N) is 3. The predicted octanol–water partition coefficient (Wildman–Crippen LogP) is 2.41. The molecule has 5 nitrogen and oxygen atoms in total. The van der Waals surface area contributed by atoms with E-state index in [0.717, 1.165) is 28.2 Å². The van der Waals surface area contributed by atoms with Crippen molar-refractivity contribution in [3.05, 3.63) is 40.4 Å². The third kappa shape index (κ3) is 3.19. The highest BCUT2D eigenvalue weighted by molar-refractivity contribution is 9.10. The van der Waals surface area contributed by atoms with Gasteiger partial charge in [-0.15, -0.1) is 10.2 Å². The Hall–Kier alpha value is -1.40. The second-order valence-corrected chi connectivity index (χ2v) is 5.88. The van der Waals surface area contributed by atoms with Crippen molar-refractivity contribution in [2.24, 2.45) is 7.05 Å². The van der Waals surface area contributed by atoms with E-state index in [1.807, 2.05) is 23.7 Å². The van der Waals surface area contributed by atoms with E-state index in [1.165, 1.54) is 12.8 Å². The fourth-order valence-electron chi connectivity index (χ4n) is 1.97. The second-order valence-electron chi connectivity index (χ2n) is 5.03. The monoisotopic (exact) mass is 336 g/mol. The van der Waals surface area contributed by atoms with Crippen molar-refractivity contribution >= 4 is 15.9 Å². The molecule has 0 spiro atoms. The number of hydrogen-bond donors (Lipinski definition) is 1. The van der Waals surface area contributed by atoms with E-state index in [2.05, 4.69) is 37.5 Å². The van der Waals surface area contributed by atoms with Crippen LogP contribution in [0.25, 0.3) is 0 Å². The van der Waals surface area contributed by atoms with Crippen LogP contribution in [0.3, 0.4) is 0 Å². The molecular weight excluding hydrogens is 320 g/mol. The fourth-order valence-corrected chi connectivity index (χ4v) is 2.49. The molecule has 20 heavy (non-hydrogen) atoms. The number of para-hydroxylation sites is 1. The van der Waals surface area contributed by atoms with E-state index < -0.39 is 0 Å². The van der Waals surface area contributed by atoms with Gasteiger partial charge in [-0.3, -0.25) is 0 Å². The van der Waals surface area contributed by atoms with Gasteiger partial charge < -0.3 is 14.6 Å². The van der Waals surface area contributed by atoms with E-state index in [9.17, 15) is 0 Å². The van der Waals surface area contributed by atoms with Gasteiger partial charge >= 0.3 is 0 Å². The van der Waals surface area contributed by atoms with Crippen LogP contribution < -0.4 is 10.1 Å². The molecule has 6 heteroatoms. The van der Waals surface area contributed by atoms with Crippen molar-refractivity contribution in [2.45, 2.75) is 32.0 Å². The first-order valence-electron chi connectivity index (χ1n) is 6.70. The van der Waals surface area contributed by atoms with E-state index in [4.69, 9.17) is 4.74 Å². The highest BCUT2D eigenvalue weighted by Crippen LogP contribution is 2.30. The number of nitrogens with one attached hydrogen (secondary N) is 1. The molecule has 0 bridgehead atoms. The highest BCUT2D eigenvalue weighted by Gasteiger charge is 2.21. The molecule has 1 aliphatic carbocycles. The molecule has 1 aliphatic rings. The van der Waals surface area contributed by atoms with Gasteiger partial charge in [-0.2, -0.15) is 0 Å².